The molecule has 3 nitrogen and oxygen atoms in total. The average molecular weight is 251 g/mol. The maximum Gasteiger partial charge on any atom is 0.288 e. The molecule has 0 aliphatic heterocycles. The molecular weight excluding hydrogens is 236 g/mol. The van der Waals surface area contributed by atoms with E-state index in [0.717, 1.165) is 16.8 Å². The molecule has 94 valence electrons. The molecule has 0 amide bonds. The number of hydrogen-bond acceptors (Lipinski definition) is 2. The highest BCUT2D eigenvalue weighted by atomic mass is 16.5. The third-order valence-electron chi connectivity index (χ3n) is 3.13. The number of aryl methyl sites for hydroxylation is 1. The summed E-state index contributed by atoms with van der Waals surface area (Å²) in [7, 11) is 1.65. The van der Waals surface area contributed by atoms with Crippen molar-refractivity contribution in [2.45, 2.75) is 6.92 Å². The zero-order valence-corrected chi connectivity index (χ0v) is 11.0. The standard InChI is InChI=1S/C16H15N2O/c1-12-6-8-13(9-7-12)14-11-18-10-4-3-5-15(18)16(17-14)19-2/h3-11H,1-2H3/q+1. The Kier molecular flexibility index (Phi) is 2.88. The number of ether oxygens (including phenoxy) is 1. The number of benzene rings is 1. The molecule has 1 aromatic carbocycles. The lowest BCUT2D eigenvalue weighted by atomic mass is 10.1. The van der Waals surface area contributed by atoms with Crippen LogP contribution in [0.1, 0.15) is 5.56 Å². The molecule has 2 aromatic heterocycles. The van der Waals surface area contributed by atoms with E-state index in [2.05, 4.69) is 36.2 Å². The van der Waals surface area contributed by atoms with Crippen molar-refractivity contribution in [3.8, 4) is 17.1 Å². The molecule has 0 saturated heterocycles. The van der Waals surface area contributed by atoms with E-state index in [1.54, 1.807) is 7.11 Å². The number of methoxy groups -OCH3 is 1. The van der Waals surface area contributed by atoms with E-state index in [1.165, 1.54) is 5.56 Å². The molecule has 2 heterocycles. The van der Waals surface area contributed by atoms with Gasteiger partial charge in [-0.3, -0.25) is 0 Å². The van der Waals surface area contributed by atoms with Gasteiger partial charge in [-0.15, -0.1) is 0 Å². The third-order valence-corrected chi connectivity index (χ3v) is 3.13. The first kappa shape index (κ1) is 11.7. The summed E-state index contributed by atoms with van der Waals surface area (Å²) in [6.45, 7) is 2.08. The van der Waals surface area contributed by atoms with Gasteiger partial charge in [0.25, 0.3) is 11.4 Å². The van der Waals surface area contributed by atoms with Gasteiger partial charge in [-0.25, -0.2) is 4.98 Å². The fourth-order valence-corrected chi connectivity index (χ4v) is 2.09. The summed E-state index contributed by atoms with van der Waals surface area (Å²) in [6.07, 6.45) is 4.01. The molecule has 0 N–H and O–H groups in total. The largest absolute Gasteiger partial charge is 0.476 e. The molecule has 3 rings (SSSR count). The number of rotatable bonds is 2. The molecule has 0 saturated carbocycles. The van der Waals surface area contributed by atoms with Crippen LogP contribution in [0.3, 0.4) is 0 Å². The number of hydrogen-bond donors (Lipinski definition) is 0. The van der Waals surface area contributed by atoms with Crippen molar-refractivity contribution >= 4 is 5.52 Å². The first-order valence-electron chi connectivity index (χ1n) is 6.20. The van der Waals surface area contributed by atoms with Crippen LogP contribution in [-0.2, 0) is 0 Å². The highest BCUT2D eigenvalue weighted by Gasteiger charge is 2.14. The zero-order chi connectivity index (χ0) is 13.2. The van der Waals surface area contributed by atoms with Crippen molar-refractivity contribution in [3.63, 3.8) is 0 Å². The Labute approximate surface area is 112 Å². The van der Waals surface area contributed by atoms with Gasteiger partial charge >= 0.3 is 0 Å². The summed E-state index contributed by atoms with van der Waals surface area (Å²) in [6, 6.07) is 14.3. The van der Waals surface area contributed by atoms with Crippen molar-refractivity contribution in [1.82, 2.24) is 4.98 Å². The van der Waals surface area contributed by atoms with Crippen LogP contribution in [-0.4, -0.2) is 12.1 Å². The quantitative estimate of drug-likeness (QED) is 0.655. The predicted molar refractivity (Wildman–Crippen MR) is 74.1 cm³/mol. The highest BCUT2D eigenvalue weighted by molar-refractivity contribution is 5.61. The minimum atomic E-state index is 0.638. The van der Waals surface area contributed by atoms with Gasteiger partial charge in [-0.1, -0.05) is 29.8 Å². The van der Waals surface area contributed by atoms with Gasteiger partial charge in [0, 0.05) is 17.7 Å². The van der Waals surface area contributed by atoms with E-state index in [1.807, 2.05) is 35.0 Å². The molecular formula is C16H15N2O+. The van der Waals surface area contributed by atoms with Crippen LogP contribution >= 0.6 is 0 Å². The predicted octanol–water partition coefficient (Wildman–Crippen LogP) is 2.80. The number of nitrogens with zero attached hydrogens (tertiary/aromatic N) is 2. The topological polar surface area (TPSA) is 26.2 Å². The van der Waals surface area contributed by atoms with Crippen LogP contribution in [0.25, 0.3) is 16.8 Å². The van der Waals surface area contributed by atoms with E-state index >= 15 is 0 Å². The lowest BCUT2D eigenvalue weighted by Gasteiger charge is -2.03. The summed E-state index contributed by atoms with van der Waals surface area (Å²) in [5.74, 6) is 0.638. The molecule has 3 heteroatoms. The minimum absolute atomic E-state index is 0.638. The smallest absolute Gasteiger partial charge is 0.288 e. The first-order chi connectivity index (χ1) is 9.28. The van der Waals surface area contributed by atoms with Crippen LogP contribution in [0.5, 0.6) is 5.88 Å². The van der Waals surface area contributed by atoms with E-state index in [4.69, 9.17) is 4.74 Å². The maximum atomic E-state index is 5.38. The average Bonchev–Trinajstić information content (AvgIpc) is 2.47. The lowest BCUT2D eigenvalue weighted by molar-refractivity contribution is -0.512. The molecule has 0 atom stereocenters. The summed E-state index contributed by atoms with van der Waals surface area (Å²) in [5.41, 5.74) is 4.19. The molecule has 0 fully saturated rings. The zero-order valence-electron chi connectivity index (χ0n) is 11.0. The van der Waals surface area contributed by atoms with Crippen LogP contribution in [0.2, 0.25) is 0 Å². The van der Waals surface area contributed by atoms with Crippen LogP contribution < -0.4 is 9.14 Å². The molecule has 0 aliphatic rings. The fraction of sp³-hybridized carbons (Fsp3) is 0.125. The normalized spacial score (nSPS) is 10.6. The summed E-state index contributed by atoms with van der Waals surface area (Å²) < 4.78 is 7.41. The van der Waals surface area contributed by atoms with Crippen LogP contribution in [0, 0.1) is 6.92 Å². The molecule has 0 unspecified atom stereocenters. The molecule has 3 aromatic rings. The van der Waals surface area contributed by atoms with E-state index in [9.17, 15) is 0 Å². The summed E-state index contributed by atoms with van der Waals surface area (Å²) in [5, 5.41) is 0. The first-order valence-corrected chi connectivity index (χ1v) is 6.20. The number of fused-ring (bicyclic) bond motifs is 1. The molecule has 0 aliphatic carbocycles. The number of pyridine rings is 1. The maximum absolute atomic E-state index is 5.38. The second-order valence-corrected chi connectivity index (χ2v) is 4.49. The summed E-state index contributed by atoms with van der Waals surface area (Å²) in [4.78, 5) is 4.58. The molecule has 0 radical (unpaired) electrons. The van der Waals surface area contributed by atoms with Gasteiger partial charge in [0.2, 0.25) is 6.20 Å². The monoisotopic (exact) mass is 251 g/mol. The Balaban J connectivity index is 2.22. The van der Waals surface area contributed by atoms with Crippen molar-refractivity contribution in [1.29, 1.82) is 0 Å². The highest BCUT2D eigenvalue weighted by Crippen LogP contribution is 2.21. The summed E-state index contributed by atoms with van der Waals surface area (Å²) >= 11 is 0. The van der Waals surface area contributed by atoms with Gasteiger partial charge in [0.05, 0.1) is 7.11 Å². The van der Waals surface area contributed by atoms with Gasteiger partial charge in [0.15, 0.2) is 6.20 Å². The Bertz CT molecular complexity index is 720. The van der Waals surface area contributed by atoms with E-state index in [-0.39, 0.29) is 0 Å². The second-order valence-electron chi connectivity index (χ2n) is 4.49. The molecule has 19 heavy (non-hydrogen) atoms. The van der Waals surface area contributed by atoms with Crippen LogP contribution in [0.15, 0.2) is 54.9 Å². The second kappa shape index (κ2) is 4.69. The van der Waals surface area contributed by atoms with Gasteiger partial charge < -0.3 is 4.74 Å². The van der Waals surface area contributed by atoms with Crippen molar-refractivity contribution in [2.75, 3.05) is 7.11 Å². The lowest BCUT2D eigenvalue weighted by Crippen LogP contribution is -2.22. The van der Waals surface area contributed by atoms with Crippen molar-refractivity contribution < 1.29 is 9.14 Å². The van der Waals surface area contributed by atoms with Gasteiger partial charge in [-0.05, 0) is 13.0 Å². The Morgan fingerprint density at radius 3 is 2.58 bits per heavy atom. The fourth-order valence-electron chi connectivity index (χ4n) is 2.09. The molecule has 0 bridgehead atoms. The van der Waals surface area contributed by atoms with Crippen LogP contribution in [0.4, 0.5) is 0 Å². The Hall–Kier alpha value is -2.42. The molecule has 0 spiro atoms. The minimum Gasteiger partial charge on any atom is -0.476 e. The van der Waals surface area contributed by atoms with Gasteiger partial charge in [-0.2, -0.15) is 4.40 Å². The SMILES string of the molecule is COc1nc(-c2ccc(C)cc2)c[n+]2ccccc12. The Morgan fingerprint density at radius 2 is 1.84 bits per heavy atom. The van der Waals surface area contributed by atoms with Gasteiger partial charge in [0.1, 0.15) is 5.69 Å². The van der Waals surface area contributed by atoms with Crippen molar-refractivity contribution in [3.05, 3.63) is 60.4 Å². The van der Waals surface area contributed by atoms with E-state index in [0.29, 0.717) is 5.88 Å². The number of aromatic nitrogens is 2. The Morgan fingerprint density at radius 1 is 1.05 bits per heavy atom. The van der Waals surface area contributed by atoms with E-state index < -0.39 is 0 Å². The third kappa shape index (κ3) is 2.15. The van der Waals surface area contributed by atoms with Crippen molar-refractivity contribution in [2.24, 2.45) is 0 Å².